The lowest BCUT2D eigenvalue weighted by Gasteiger charge is -2.34. The van der Waals surface area contributed by atoms with Crippen LogP contribution in [0.5, 0.6) is 0 Å². The lowest BCUT2D eigenvalue weighted by molar-refractivity contribution is -0.157. The van der Waals surface area contributed by atoms with Gasteiger partial charge in [0.05, 0.1) is 0 Å². The quantitative estimate of drug-likeness (QED) is 0.660. The molecule has 2 aromatic rings. The molecule has 4 rings (SSSR count). The number of nitrogens with one attached hydrogen (secondary N) is 1. The number of benzene rings is 2. The Kier molecular flexibility index (Phi) is 6.40. The Morgan fingerprint density at radius 2 is 1.73 bits per heavy atom. The number of carbonyl (C=O) groups excluding carboxylic acids is 2. The van der Waals surface area contributed by atoms with Crippen molar-refractivity contribution in [1.29, 1.82) is 0 Å². The van der Waals surface area contributed by atoms with Gasteiger partial charge in [0.15, 0.2) is 0 Å². The normalized spacial score (nSPS) is 20.1. The molecule has 2 aromatic carbocycles. The van der Waals surface area contributed by atoms with E-state index in [9.17, 15) is 19.5 Å². The largest absolute Gasteiger partial charge is 0.479 e. The van der Waals surface area contributed by atoms with Crippen LogP contribution < -0.4 is 5.32 Å². The van der Waals surface area contributed by atoms with E-state index in [4.69, 9.17) is 4.74 Å². The maximum absolute atomic E-state index is 12.8. The number of carboxylic acids is 1. The van der Waals surface area contributed by atoms with Crippen LogP contribution in [0.1, 0.15) is 56.6 Å². The van der Waals surface area contributed by atoms with Crippen LogP contribution in [-0.4, -0.2) is 52.7 Å². The zero-order valence-electron chi connectivity index (χ0n) is 19.0. The Hall–Kier alpha value is -3.35. The van der Waals surface area contributed by atoms with Gasteiger partial charge in [0.2, 0.25) is 5.91 Å². The minimum Gasteiger partial charge on any atom is -0.479 e. The Balaban J connectivity index is 1.34. The monoisotopic (exact) mass is 450 g/mol. The first-order valence-corrected chi connectivity index (χ1v) is 11.5. The van der Waals surface area contributed by atoms with Gasteiger partial charge in [-0.3, -0.25) is 4.79 Å². The first-order chi connectivity index (χ1) is 15.9. The molecule has 0 aromatic heterocycles. The molecule has 33 heavy (non-hydrogen) atoms. The zero-order valence-corrected chi connectivity index (χ0v) is 19.0. The van der Waals surface area contributed by atoms with Gasteiger partial charge < -0.3 is 20.1 Å². The number of aliphatic carboxylic acids is 1. The summed E-state index contributed by atoms with van der Waals surface area (Å²) < 4.78 is 5.55. The summed E-state index contributed by atoms with van der Waals surface area (Å²) in [5.74, 6) is -1.26. The van der Waals surface area contributed by atoms with Gasteiger partial charge in [0.25, 0.3) is 0 Å². The molecular weight excluding hydrogens is 420 g/mol. The molecule has 0 bridgehead atoms. The smallest absolute Gasteiger partial charge is 0.407 e. The van der Waals surface area contributed by atoms with Crippen molar-refractivity contribution >= 4 is 18.0 Å². The summed E-state index contributed by atoms with van der Waals surface area (Å²) in [6, 6.07) is 15.8. The first-order valence-electron chi connectivity index (χ1n) is 11.5. The number of amides is 2. The third-order valence-corrected chi connectivity index (χ3v) is 6.96. The maximum Gasteiger partial charge on any atom is 0.407 e. The van der Waals surface area contributed by atoms with Gasteiger partial charge in [0.1, 0.15) is 12.1 Å². The summed E-state index contributed by atoms with van der Waals surface area (Å²) >= 11 is 0. The van der Waals surface area contributed by atoms with Crippen molar-refractivity contribution < 1.29 is 24.2 Å². The molecule has 0 spiro atoms. The molecule has 1 unspecified atom stereocenters. The fourth-order valence-electron chi connectivity index (χ4n) is 5.25. The highest BCUT2D eigenvalue weighted by atomic mass is 16.5. The number of fused-ring (bicyclic) bond motifs is 3. The molecule has 0 radical (unpaired) electrons. The van der Waals surface area contributed by atoms with Crippen LogP contribution in [0.25, 0.3) is 11.1 Å². The van der Waals surface area contributed by atoms with Gasteiger partial charge in [0, 0.05) is 24.9 Å². The van der Waals surface area contributed by atoms with Crippen LogP contribution in [0.2, 0.25) is 0 Å². The molecule has 7 heteroatoms. The SMILES string of the molecule is CCC1(C(=O)O)CCCN1C(=O)C[C@@H](C)NC(=O)OCC1c2ccccc2-c2ccccc21. The molecule has 0 saturated carbocycles. The van der Waals surface area contributed by atoms with E-state index < -0.39 is 23.6 Å². The number of hydrogen-bond acceptors (Lipinski definition) is 4. The number of rotatable bonds is 7. The van der Waals surface area contributed by atoms with E-state index in [0.717, 1.165) is 22.3 Å². The standard InChI is InChI=1S/C26H30N2O5/c1-3-26(24(30)31)13-8-14-28(26)23(29)15-17(2)27-25(32)33-16-22-20-11-6-4-9-18(20)19-10-5-7-12-21(19)22/h4-7,9-12,17,22H,3,8,13-16H2,1-2H3,(H,27,32)(H,30,31)/t17-,26?/m1/s1. The maximum atomic E-state index is 12.8. The number of ether oxygens (including phenoxy) is 1. The Morgan fingerprint density at radius 1 is 1.12 bits per heavy atom. The van der Waals surface area contributed by atoms with Crippen molar-refractivity contribution in [3.05, 3.63) is 59.7 Å². The number of alkyl carbamates (subject to hydrolysis) is 1. The summed E-state index contributed by atoms with van der Waals surface area (Å²) in [4.78, 5) is 38.6. The van der Waals surface area contributed by atoms with Crippen LogP contribution in [0.3, 0.4) is 0 Å². The molecule has 1 fully saturated rings. The Bertz CT molecular complexity index is 1020. The van der Waals surface area contributed by atoms with Crippen molar-refractivity contribution in [1.82, 2.24) is 10.2 Å². The minimum absolute atomic E-state index is 0.0270. The molecule has 1 aliphatic heterocycles. The van der Waals surface area contributed by atoms with E-state index in [1.165, 1.54) is 4.90 Å². The van der Waals surface area contributed by atoms with Crippen LogP contribution >= 0.6 is 0 Å². The second-order valence-electron chi connectivity index (χ2n) is 8.91. The summed E-state index contributed by atoms with van der Waals surface area (Å²) in [6.45, 7) is 4.14. The topological polar surface area (TPSA) is 95.9 Å². The predicted molar refractivity (Wildman–Crippen MR) is 124 cm³/mol. The number of carbonyl (C=O) groups is 3. The lowest BCUT2D eigenvalue weighted by atomic mass is 9.92. The van der Waals surface area contributed by atoms with E-state index >= 15 is 0 Å². The zero-order chi connectivity index (χ0) is 23.6. The fraction of sp³-hybridized carbons (Fsp3) is 0.423. The van der Waals surface area contributed by atoms with Crippen LogP contribution in [0, 0.1) is 0 Å². The van der Waals surface area contributed by atoms with Crippen molar-refractivity contribution in [3.8, 4) is 11.1 Å². The number of carboxylic acid groups (broad SMARTS) is 1. The third kappa shape index (κ3) is 4.19. The van der Waals surface area contributed by atoms with Crippen molar-refractivity contribution in [3.63, 3.8) is 0 Å². The number of nitrogens with zero attached hydrogens (tertiary/aromatic N) is 1. The molecule has 2 amide bonds. The third-order valence-electron chi connectivity index (χ3n) is 6.96. The molecular formula is C26H30N2O5. The second-order valence-corrected chi connectivity index (χ2v) is 8.91. The van der Waals surface area contributed by atoms with E-state index in [1.807, 2.05) is 24.3 Å². The van der Waals surface area contributed by atoms with Crippen molar-refractivity contribution in [2.24, 2.45) is 0 Å². The Labute approximate surface area is 193 Å². The molecule has 2 N–H and O–H groups in total. The molecule has 1 aliphatic carbocycles. The highest BCUT2D eigenvalue weighted by molar-refractivity contribution is 5.88. The number of likely N-dealkylation sites (tertiary alicyclic amines) is 1. The van der Waals surface area contributed by atoms with Gasteiger partial charge in [-0.2, -0.15) is 0 Å². The lowest BCUT2D eigenvalue weighted by Crippen LogP contribution is -2.53. The molecule has 1 saturated heterocycles. The fourth-order valence-corrected chi connectivity index (χ4v) is 5.25. The van der Waals surface area contributed by atoms with E-state index in [0.29, 0.717) is 25.8 Å². The number of hydrogen-bond donors (Lipinski definition) is 2. The highest BCUT2D eigenvalue weighted by Crippen LogP contribution is 2.44. The molecule has 7 nitrogen and oxygen atoms in total. The molecule has 2 aliphatic rings. The summed E-state index contributed by atoms with van der Waals surface area (Å²) in [5.41, 5.74) is 3.44. The summed E-state index contributed by atoms with van der Waals surface area (Å²) in [7, 11) is 0. The second kappa shape index (κ2) is 9.25. The average Bonchev–Trinajstić information content (AvgIpc) is 3.38. The van der Waals surface area contributed by atoms with Crippen LogP contribution in [0.15, 0.2) is 48.5 Å². The van der Waals surface area contributed by atoms with Crippen LogP contribution in [0.4, 0.5) is 4.79 Å². The van der Waals surface area contributed by atoms with E-state index in [2.05, 4.69) is 29.6 Å². The summed E-state index contributed by atoms with van der Waals surface area (Å²) in [6.07, 6.45) is 0.930. The van der Waals surface area contributed by atoms with Crippen molar-refractivity contribution in [2.75, 3.05) is 13.2 Å². The highest BCUT2D eigenvalue weighted by Gasteiger charge is 2.48. The molecule has 174 valence electrons. The van der Waals surface area contributed by atoms with Gasteiger partial charge in [-0.1, -0.05) is 55.5 Å². The molecule has 2 atom stereocenters. The van der Waals surface area contributed by atoms with Crippen LogP contribution in [-0.2, 0) is 14.3 Å². The average molecular weight is 451 g/mol. The summed E-state index contributed by atoms with van der Waals surface area (Å²) in [5, 5.41) is 12.4. The van der Waals surface area contributed by atoms with E-state index in [1.54, 1.807) is 13.8 Å². The van der Waals surface area contributed by atoms with Gasteiger partial charge in [-0.15, -0.1) is 0 Å². The Morgan fingerprint density at radius 3 is 2.30 bits per heavy atom. The van der Waals surface area contributed by atoms with Gasteiger partial charge in [-0.25, -0.2) is 9.59 Å². The van der Waals surface area contributed by atoms with E-state index in [-0.39, 0.29) is 24.9 Å². The minimum atomic E-state index is -1.14. The first kappa shape index (κ1) is 22.8. The molecule has 1 heterocycles. The predicted octanol–water partition coefficient (Wildman–Crippen LogP) is 4.16. The van der Waals surface area contributed by atoms with Gasteiger partial charge in [-0.05, 0) is 48.4 Å². The van der Waals surface area contributed by atoms with Gasteiger partial charge >= 0.3 is 12.1 Å². The van der Waals surface area contributed by atoms with Crippen molar-refractivity contribution in [2.45, 2.75) is 57.0 Å².